The minimum Gasteiger partial charge on any atom is -0.480 e. The van der Waals surface area contributed by atoms with Gasteiger partial charge in [-0.1, -0.05) is 0 Å². The van der Waals surface area contributed by atoms with Crippen molar-refractivity contribution in [3.05, 3.63) is 29.8 Å². The van der Waals surface area contributed by atoms with Gasteiger partial charge in [0.2, 0.25) is 5.91 Å². The average Bonchev–Trinajstić information content (AvgIpc) is 2.39. The van der Waals surface area contributed by atoms with Crippen LogP contribution < -0.4 is 11.1 Å². The number of nitrogens with one attached hydrogen (secondary N) is 1. The first-order chi connectivity index (χ1) is 9.40. The number of amides is 1. The third-order valence-electron chi connectivity index (χ3n) is 2.42. The molecule has 7 heteroatoms. The van der Waals surface area contributed by atoms with Gasteiger partial charge in [0, 0.05) is 17.0 Å². The van der Waals surface area contributed by atoms with Gasteiger partial charge in [-0.2, -0.15) is 0 Å². The number of thioether (sulfide) groups is 1. The fourth-order valence-electron chi connectivity index (χ4n) is 1.34. The molecule has 0 aromatic heterocycles. The quantitative estimate of drug-likeness (QED) is 0.647. The van der Waals surface area contributed by atoms with E-state index in [1.54, 1.807) is 24.3 Å². The Kier molecular flexibility index (Phi) is 6.20. The zero-order valence-corrected chi connectivity index (χ0v) is 11.8. The Hall–Kier alpha value is -1.86. The molecule has 6 nitrogen and oxygen atoms in total. The predicted octanol–water partition coefficient (Wildman–Crippen LogP) is 0.973. The van der Waals surface area contributed by atoms with E-state index in [-0.39, 0.29) is 23.2 Å². The van der Waals surface area contributed by atoms with Gasteiger partial charge in [-0.25, -0.2) is 0 Å². The lowest BCUT2D eigenvalue weighted by molar-refractivity contribution is -0.137. The molecule has 0 spiro atoms. The minimum absolute atomic E-state index is 0.0407. The summed E-state index contributed by atoms with van der Waals surface area (Å²) in [4.78, 5) is 33.2. The maximum absolute atomic E-state index is 11.6. The molecule has 1 amide bonds. The zero-order chi connectivity index (χ0) is 15.1. The molecule has 0 bridgehead atoms. The number of benzene rings is 1. The molecule has 1 rings (SSSR count). The van der Waals surface area contributed by atoms with E-state index in [1.165, 1.54) is 6.92 Å². The van der Waals surface area contributed by atoms with E-state index in [2.05, 4.69) is 5.32 Å². The van der Waals surface area contributed by atoms with Crippen LogP contribution in [0.25, 0.3) is 0 Å². The number of aliphatic carboxylic acids is 1. The van der Waals surface area contributed by atoms with Crippen molar-refractivity contribution >= 4 is 35.1 Å². The van der Waals surface area contributed by atoms with Gasteiger partial charge < -0.3 is 16.2 Å². The molecule has 0 radical (unpaired) electrons. The molecule has 0 saturated carbocycles. The first-order valence-electron chi connectivity index (χ1n) is 5.87. The van der Waals surface area contributed by atoms with Crippen LogP contribution in [0.15, 0.2) is 24.3 Å². The van der Waals surface area contributed by atoms with Crippen molar-refractivity contribution in [3.8, 4) is 0 Å². The molecule has 20 heavy (non-hydrogen) atoms. The number of ketones is 1. The number of carboxylic acid groups (broad SMARTS) is 1. The number of hydrogen-bond acceptors (Lipinski definition) is 5. The lowest BCUT2D eigenvalue weighted by Gasteiger charge is -2.07. The highest BCUT2D eigenvalue weighted by molar-refractivity contribution is 8.00. The van der Waals surface area contributed by atoms with Crippen LogP contribution in [0, 0.1) is 0 Å². The first kappa shape index (κ1) is 16.2. The Morgan fingerprint density at radius 2 is 1.90 bits per heavy atom. The van der Waals surface area contributed by atoms with Gasteiger partial charge in [0.1, 0.15) is 6.04 Å². The van der Waals surface area contributed by atoms with Crippen molar-refractivity contribution in [1.29, 1.82) is 0 Å². The molecule has 0 aliphatic rings. The Morgan fingerprint density at radius 3 is 2.40 bits per heavy atom. The molecule has 0 fully saturated rings. The molecule has 4 N–H and O–H groups in total. The van der Waals surface area contributed by atoms with Gasteiger partial charge >= 0.3 is 5.97 Å². The van der Waals surface area contributed by atoms with E-state index in [1.807, 2.05) is 0 Å². The second-order valence-corrected chi connectivity index (χ2v) is 5.17. The average molecular weight is 296 g/mol. The molecule has 0 aliphatic carbocycles. The van der Waals surface area contributed by atoms with Gasteiger partial charge in [0.15, 0.2) is 5.78 Å². The SMILES string of the molecule is CC(=O)c1ccc(NC(=O)CSC[C@@H](N)C(=O)O)cc1. The van der Waals surface area contributed by atoms with Crippen molar-refractivity contribution in [1.82, 2.24) is 0 Å². The molecule has 108 valence electrons. The van der Waals surface area contributed by atoms with E-state index < -0.39 is 12.0 Å². The van der Waals surface area contributed by atoms with Crippen LogP contribution in [0.3, 0.4) is 0 Å². The number of rotatable bonds is 7. The second kappa shape index (κ2) is 7.66. The van der Waals surface area contributed by atoms with Gasteiger partial charge in [0.25, 0.3) is 0 Å². The number of carbonyl (C=O) groups is 3. The number of carboxylic acids is 1. The summed E-state index contributed by atoms with van der Waals surface area (Å²) in [6, 6.07) is 5.57. The van der Waals surface area contributed by atoms with Gasteiger partial charge in [-0.05, 0) is 31.2 Å². The summed E-state index contributed by atoms with van der Waals surface area (Å²) in [6.07, 6.45) is 0. The summed E-state index contributed by atoms with van der Waals surface area (Å²) in [5, 5.41) is 11.2. The lowest BCUT2D eigenvalue weighted by Crippen LogP contribution is -2.33. The fraction of sp³-hybridized carbons (Fsp3) is 0.308. The molecule has 0 aliphatic heterocycles. The van der Waals surface area contributed by atoms with Gasteiger partial charge in [-0.3, -0.25) is 14.4 Å². The number of Topliss-reactive ketones (excluding diaryl/α,β-unsaturated/α-hetero) is 1. The Morgan fingerprint density at radius 1 is 1.30 bits per heavy atom. The van der Waals surface area contributed by atoms with Gasteiger partial charge in [0.05, 0.1) is 5.75 Å². The third-order valence-corrected chi connectivity index (χ3v) is 3.48. The third kappa shape index (κ3) is 5.41. The van der Waals surface area contributed by atoms with Crippen LogP contribution >= 0.6 is 11.8 Å². The summed E-state index contributed by atoms with van der Waals surface area (Å²) in [7, 11) is 0. The summed E-state index contributed by atoms with van der Waals surface area (Å²) >= 11 is 1.15. The Bertz CT molecular complexity index is 502. The van der Waals surface area contributed by atoms with Crippen LogP contribution in [-0.4, -0.2) is 40.3 Å². The smallest absolute Gasteiger partial charge is 0.321 e. The number of nitrogens with two attached hydrogens (primary N) is 1. The molecule has 1 aromatic carbocycles. The van der Waals surface area contributed by atoms with Gasteiger partial charge in [-0.15, -0.1) is 11.8 Å². The van der Waals surface area contributed by atoms with E-state index in [4.69, 9.17) is 10.8 Å². The summed E-state index contributed by atoms with van der Waals surface area (Å²) in [6.45, 7) is 1.47. The summed E-state index contributed by atoms with van der Waals surface area (Å²) in [5.74, 6) is -1.08. The van der Waals surface area contributed by atoms with Crippen molar-refractivity contribution in [2.24, 2.45) is 5.73 Å². The van der Waals surface area contributed by atoms with E-state index >= 15 is 0 Å². The zero-order valence-electron chi connectivity index (χ0n) is 11.0. The topological polar surface area (TPSA) is 109 Å². The monoisotopic (exact) mass is 296 g/mol. The highest BCUT2D eigenvalue weighted by atomic mass is 32.2. The minimum atomic E-state index is -1.09. The maximum Gasteiger partial charge on any atom is 0.321 e. The molecule has 0 saturated heterocycles. The summed E-state index contributed by atoms with van der Waals surface area (Å²) < 4.78 is 0. The molecule has 1 aromatic rings. The molecular weight excluding hydrogens is 280 g/mol. The first-order valence-corrected chi connectivity index (χ1v) is 7.02. The number of carbonyl (C=O) groups excluding carboxylic acids is 2. The van der Waals surface area contributed by atoms with Crippen molar-refractivity contribution in [2.75, 3.05) is 16.8 Å². The highest BCUT2D eigenvalue weighted by Gasteiger charge is 2.12. The second-order valence-electron chi connectivity index (χ2n) is 4.14. The highest BCUT2D eigenvalue weighted by Crippen LogP contribution is 2.11. The predicted molar refractivity (Wildman–Crippen MR) is 78.0 cm³/mol. The molecule has 1 atom stereocenters. The van der Waals surface area contributed by atoms with E-state index in [0.717, 1.165) is 11.8 Å². The fourth-order valence-corrected chi connectivity index (χ4v) is 2.11. The summed E-state index contributed by atoms with van der Waals surface area (Å²) in [5.41, 5.74) is 6.48. The molecule has 0 heterocycles. The van der Waals surface area contributed by atoms with Crippen molar-refractivity contribution < 1.29 is 19.5 Å². The van der Waals surface area contributed by atoms with Crippen molar-refractivity contribution in [2.45, 2.75) is 13.0 Å². The molecule has 0 unspecified atom stereocenters. The number of hydrogen-bond donors (Lipinski definition) is 3. The Balaban J connectivity index is 2.39. The van der Waals surface area contributed by atoms with Crippen LogP contribution in [0.4, 0.5) is 5.69 Å². The van der Waals surface area contributed by atoms with Crippen LogP contribution in [0.2, 0.25) is 0 Å². The van der Waals surface area contributed by atoms with E-state index in [0.29, 0.717) is 11.3 Å². The number of anilines is 1. The van der Waals surface area contributed by atoms with E-state index in [9.17, 15) is 14.4 Å². The van der Waals surface area contributed by atoms with Crippen molar-refractivity contribution in [3.63, 3.8) is 0 Å². The largest absolute Gasteiger partial charge is 0.480 e. The van der Waals surface area contributed by atoms with Crippen LogP contribution in [0.1, 0.15) is 17.3 Å². The standard InChI is InChI=1S/C13H16N2O4S/c1-8(16)9-2-4-10(5-3-9)15-12(17)7-20-6-11(14)13(18)19/h2-5,11H,6-7,14H2,1H3,(H,15,17)(H,18,19)/t11-/m1/s1. The molecular formula is C13H16N2O4S. The van der Waals surface area contributed by atoms with Crippen LogP contribution in [-0.2, 0) is 9.59 Å². The Labute approximate surface area is 120 Å². The lowest BCUT2D eigenvalue weighted by atomic mass is 10.1. The van der Waals surface area contributed by atoms with Crippen LogP contribution in [0.5, 0.6) is 0 Å². The normalized spacial score (nSPS) is 11.7. The maximum atomic E-state index is 11.6.